The maximum atomic E-state index is 11.2. The Bertz CT molecular complexity index is 514. The molecule has 116 valence electrons. The second-order valence-corrected chi connectivity index (χ2v) is 4.39. The summed E-state index contributed by atoms with van der Waals surface area (Å²) in [5.41, 5.74) is 5.15. The zero-order chi connectivity index (χ0) is 15.8. The van der Waals surface area contributed by atoms with Crippen molar-refractivity contribution in [2.45, 2.75) is 32.3 Å². The summed E-state index contributed by atoms with van der Waals surface area (Å²) in [6.07, 6.45) is 2.67. The van der Waals surface area contributed by atoms with Crippen LogP contribution in [0.25, 0.3) is 0 Å². The number of furan rings is 1. The molecule has 0 spiro atoms. The zero-order valence-electron chi connectivity index (χ0n) is 11.6. The first kappa shape index (κ1) is 16.6. The van der Waals surface area contributed by atoms with E-state index in [9.17, 15) is 20.0 Å². The molecule has 0 bridgehead atoms. The molecule has 1 atom stereocenters. The molecule has 0 radical (unpaired) electrons. The van der Waals surface area contributed by atoms with E-state index in [4.69, 9.17) is 10.2 Å². The summed E-state index contributed by atoms with van der Waals surface area (Å²) < 4.78 is 4.86. The summed E-state index contributed by atoms with van der Waals surface area (Å²) in [4.78, 5) is 21.0. The Balaban J connectivity index is 2.66. The van der Waals surface area contributed by atoms with Crippen LogP contribution in [0.3, 0.4) is 0 Å². The fourth-order valence-electron chi connectivity index (χ4n) is 1.56. The van der Waals surface area contributed by atoms with Crippen LogP contribution in [0.4, 0.5) is 10.7 Å². The molecule has 2 amide bonds. The fraction of sp³-hybridized carbons (Fsp3) is 0.500. The van der Waals surface area contributed by atoms with Crippen LogP contribution in [0.1, 0.15) is 31.9 Å². The quantitative estimate of drug-likeness (QED) is 0.425. The van der Waals surface area contributed by atoms with Gasteiger partial charge in [0.15, 0.2) is 5.76 Å². The Morgan fingerprint density at radius 2 is 2.38 bits per heavy atom. The van der Waals surface area contributed by atoms with Gasteiger partial charge < -0.3 is 15.3 Å². The average Bonchev–Trinajstić information content (AvgIpc) is 2.89. The number of carbonyl (C=O) groups is 1. The van der Waals surface area contributed by atoms with Crippen molar-refractivity contribution in [2.75, 3.05) is 6.54 Å². The summed E-state index contributed by atoms with van der Waals surface area (Å²) in [6.45, 7) is 1.94. The van der Waals surface area contributed by atoms with Gasteiger partial charge in [0.1, 0.15) is 4.92 Å². The van der Waals surface area contributed by atoms with Crippen molar-refractivity contribution in [1.82, 2.24) is 5.01 Å². The first-order valence-electron chi connectivity index (χ1n) is 6.47. The predicted molar refractivity (Wildman–Crippen MR) is 74.8 cm³/mol. The van der Waals surface area contributed by atoms with E-state index in [0.29, 0.717) is 6.42 Å². The van der Waals surface area contributed by atoms with Crippen molar-refractivity contribution in [3.63, 3.8) is 0 Å². The number of amides is 2. The van der Waals surface area contributed by atoms with Crippen LogP contribution in [0.2, 0.25) is 0 Å². The number of nitrogens with zero attached hydrogens (tertiary/aromatic N) is 3. The minimum Gasteiger partial charge on any atom is -0.400 e. The van der Waals surface area contributed by atoms with E-state index in [0.717, 1.165) is 24.1 Å². The summed E-state index contributed by atoms with van der Waals surface area (Å²) in [6, 6.07) is 1.68. The zero-order valence-corrected chi connectivity index (χ0v) is 11.6. The lowest BCUT2D eigenvalue weighted by Crippen LogP contribution is -2.37. The molecule has 0 unspecified atom stereocenters. The van der Waals surface area contributed by atoms with E-state index in [-0.39, 0.29) is 12.3 Å². The van der Waals surface area contributed by atoms with Gasteiger partial charge in [0.25, 0.3) is 0 Å². The molecule has 1 rings (SSSR count). The van der Waals surface area contributed by atoms with Crippen LogP contribution in [0, 0.1) is 10.1 Å². The Morgan fingerprint density at radius 1 is 1.67 bits per heavy atom. The lowest BCUT2D eigenvalue weighted by molar-refractivity contribution is -0.402. The van der Waals surface area contributed by atoms with Crippen molar-refractivity contribution in [3.8, 4) is 0 Å². The van der Waals surface area contributed by atoms with Crippen LogP contribution in [-0.2, 0) is 0 Å². The van der Waals surface area contributed by atoms with Gasteiger partial charge in [0.05, 0.1) is 24.9 Å². The first-order valence-corrected chi connectivity index (χ1v) is 6.47. The van der Waals surface area contributed by atoms with Gasteiger partial charge in [0.2, 0.25) is 0 Å². The third kappa shape index (κ3) is 5.61. The molecule has 9 nitrogen and oxygen atoms in total. The van der Waals surface area contributed by atoms with Crippen molar-refractivity contribution >= 4 is 18.1 Å². The number of nitrogens with two attached hydrogens (primary N) is 1. The molecular formula is C12H18N4O5. The molecule has 0 saturated heterocycles. The van der Waals surface area contributed by atoms with Gasteiger partial charge in [-0.2, -0.15) is 5.10 Å². The molecule has 0 aliphatic rings. The van der Waals surface area contributed by atoms with Crippen molar-refractivity contribution in [2.24, 2.45) is 10.8 Å². The third-order valence-electron chi connectivity index (χ3n) is 2.65. The highest BCUT2D eigenvalue weighted by Crippen LogP contribution is 2.14. The van der Waals surface area contributed by atoms with Gasteiger partial charge in [-0.1, -0.05) is 19.8 Å². The van der Waals surface area contributed by atoms with Gasteiger partial charge in [0, 0.05) is 0 Å². The van der Waals surface area contributed by atoms with Crippen LogP contribution in [0.5, 0.6) is 0 Å². The lowest BCUT2D eigenvalue weighted by Gasteiger charge is -2.18. The van der Waals surface area contributed by atoms with Crippen molar-refractivity contribution in [1.29, 1.82) is 0 Å². The number of nitro groups is 1. The summed E-state index contributed by atoms with van der Waals surface area (Å²) >= 11 is 0. The Kier molecular flexibility index (Phi) is 6.34. The Morgan fingerprint density at radius 3 is 2.90 bits per heavy atom. The van der Waals surface area contributed by atoms with E-state index in [1.165, 1.54) is 12.1 Å². The SMILES string of the molecule is CCCC[C@H](O)CN(/N=C/c1ccc([N+](=O)[O-])o1)C(N)=O. The van der Waals surface area contributed by atoms with Crippen LogP contribution in [-0.4, -0.2) is 39.9 Å². The van der Waals surface area contributed by atoms with Gasteiger partial charge in [-0.25, -0.2) is 9.80 Å². The molecule has 0 saturated carbocycles. The van der Waals surface area contributed by atoms with Gasteiger partial charge in [-0.3, -0.25) is 10.1 Å². The van der Waals surface area contributed by atoms with Crippen molar-refractivity contribution in [3.05, 3.63) is 28.0 Å². The van der Waals surface area contributed by atoms with E-state index in [1.807, 2.05) is 6.92 Å². The number of carbonyl (C=O) groups excluding carboxylic acids is 1. The smallest absolute Gasteiger partial charge is 0.400 e. The maximum Gasteiger partial charge on any atom is 0.433 e. The minimum absolute atomic E-state index is 0.0470. The lowest BCUT2D eigenvalue weighted by atomic mass is 10.1. The molecule has 1 aromatic rings. The molecule has 0 aromatic carbocycles. The molecular weight excluding hydrogens is 280 g/mol. The second kappa shape index (κ2) is 8.00. The number of rotatable bonds is 8. The fourth-order valence-corrected chi connectivity index (χ4v) is 1.56. The highest BCUT2D eigenvalue weighted by molar-refractivity contribution is 5.79. The Labute approximate surface area is 121 Å². The standard InChI is InChI=1S/C12H18N4O5/c1-2-3-4-9(17)8-15(12(13)18)14-7-10-5-6-11(21-10)16(19)20/h5-7,9,17H,2-4,8H2,1H3,(H2,13,18)/b14-7+/t9-/m0/s1. The predicted octanol–water partition coefficient (Wildman–Crippen LogP) is 1.45. The first-order chi connectivity index (χ1) is 9.93. The van der Waals surface area contributed by atoms with Gasteiger partial charge in [-0.15, -0.1) is 0 Å². The molecule has 9 heteroatoms. The van der Waals surface area contributed by atoms with Crippen LogP contribution in [0.15, 0.2) is 21.7 Å². The molecule has 3 N–H and O–H groups in total. The highest BCUT2D eigenvalue weighted by atomic mass is 16.6. The number of aliphatic hydroxyl groups excluding tert-OH is 1. The van der Waals surface area contributed by atoms with E-state index in [2.05, 4.69) is 5.10 Å². The molecule has 1 aromatic heterocycles. The normalized spacial score (nSPS) is 12.5. The number of hydrogen-bond donors (Lipinski definition) is 2. The van der Waals surface area contributed by atoms with E-state index >= 15 is 0 Å². The van der Waals surface area contributed by atoms with Crippen LogP contribution < -0.4 is 5.73 Å². The topological polar surface area (TPSA) is 135 Å². The molecule has 1 heterocycles. The molecule has 0 aliphatic heterocycles. The number of unbranched alkanes of at least 4 members (excludes halogenated alkanes) is 1. The van der Waals surface area contributed by atoms with Gasteiger partial charge >= 0.3 is 11.9 Å². The number of aliphatic hydroxyl groups is 1. The maximum absolute atomic E-state index is 11.2. The third-order valence-corrected chi connectivity index (χ3v) is 2.65. The molecule has 21 heavy (non-hydrogen) atoms. The second-order valence-electron chi connectivity index (χ2n) is 4.39. The van der Waals surface area contributed by atoms with Crippen molar-refractivity contribution < 1.29 is 19.2 Å². The highest BCUT2D eigenvalue weighted by Gasteiger charge is 2.15. The number of hydrogen-bond acceptors (Lipinski definition) is 6. The van der Waals surface area contributed by atoms with E-state index < -0.39 is 22.9 Å². The van der Waals surface area contributed by atoms with E-state index in [1.54, 1.807) is 0 Å². The number of urea groups is 1. The van der Waals surface area contributed by atoms with Crippen LogP contribution >= 0.6 is 0 Å². The molecule has 0 aliphatic carbocycles. The minimum atomic E-state index is -0.831. The monoisotopic (exact) mass is 298 g/mol. The number of primary amides is 1. The summed E-state index contributed by atoms with van der Waals surface area (Å²) in [5.74, 6) is -0.318. The summed E-state index contributed by atoms with van der Waals surface area (Å²) in [5, 5.41) is 24.8. The largest absolute Gasteiger partial charge is 0.433 e. The summed E-state index contributed by atoms with van der Waals surface area (Å²) in [7, 11) is 0. The Hall–Kier alpha value is -2.42. The average molecular weight is 298 g/mol. The van der Waals surface area contributed by atoms with Gasteiger partial charge in [-0.05, 0) is 12.5 Å². The number of hydrazone groups is 1. The molecule has 0 fully saturated rings.